The maximum Gasteiger partial charge on any atom is 0.163 e. The Morgan fingerprint density at radius 3 is 1.61 bits per heavy atom. The molecule has 0 aromatic rings. The summed E-state index contributed by atoms with van der Waals surface area (Å²) in [7, 11) is 1.71. The van der Waals surface area contributed by atoms with Crippen molar-refractivity contribution in [3.8, 4) is 0 Å². The third-order valence-corrected chi connectivity index (χ3v) is 5.91. The fraction of sp³-hybridized carbons (Fsp3) is 1.00. The quantitative estimate of drug-likeness (QED) is 0.573. The van der Waals surface area contributed by atoms with Crippen LogP contribution in [0.3, 0.4) is 0 Å². The highest BCUT2D eigenvalue weighted by molar-refractivity contribution is 4.91. The normalized spacial score (nSPS) is 35.2. The summed E-state index contributed by atoms with van der Waals surface area (Å²) < 4.78 is 53.5. The fourth-order valence-electron chi connectivity index (χ4n) is 4.22. The van der Waals surface area contributed by atoms with E-state index >= 15 is 0 Å². The lowest BCUT2D eigenvalue weighted by atomic mass is 10.0. The third kappa shape index (κ3) is 8.96. The molecule has 0 bridgehead atoms. The zero-order chi connectivity index (χ0) is 23.7. The van der Waals surface area contributed by atoms with Crippen LogP contribution in [0.25, 0.3) is 0 Å². The van der Waals surface area contributed by atoms with Gasteiger partial charge >= 0.3 is 0 Å². The molecule has 0 aromatic carbocycles. The molecule has 10 nitrogen and oxygen atoms in total. The van der Waals surface area contributed by atoms with Gasteiger partial charge in [-0.2, -0.15) is 0 Å². The molecule has 3 rings (SSSR count). The van der Waals surface area contributed by atoms with E-state index in [2.05, 4.69) is 4.90 Å². The van der Waals surface area contributed by atoms with Gasteiger partial charge < -0.3 is 42.6 Å². The maximum absolute atomic E-state index is 6.32. The zero-order valence-corrected chi connectivity index (χ0v) is 20.9. The fourth-order valence-corrected chi connectivity index (χ4v) is 4.22. The van der Waals surface area contributed by atoms with Gasteiger partial charge in [-0.25, -0.2) is 0 Å². The minimum Gasteiger partial charge on any atom is -0.383 e. The van der Waals surface area contributed by atoms with Crippen molar-refractivity contribution in [2.24, 2.45) is 0 Å². The number of rotatable bonds is 5. The van der Waals surface area contributed by atoms with Gasteiger partial charge in [0.25, 0.3) is 0 Å². The molecule has 0 spiro atoms. The average Bonchev–Trinajstić information content (AvgIpc) is 3.30. The van der Waals surface area contributed by atoms with Crippen molar-refractivity contribution in [3.63, 3.8) is 0 Å². The molecule has 3 aliphatic rings. The summed E-state index contributed by atoms with van der Waals surface area (Å²) in [4.78, 5) is 2.27. The molecule has 0 saturated carbocycles. The molecule has 3 heterocycles. The van der Waals surface area contributed by atoms with Crippen LogP contribution in [0.15, 0.2) is 0 Å². The Hall–Kier alpha value is -0.400. The first-order chi connectivity index (χ1) is 15.8. The number of nitrogens with zero attached hydrogens (tertiary/aromatic N) is 1. The lowest BCUT2D eigenvalue weighted by molar-refractivity contribution is -0.207. The highest BCUT2D eigenvalue weighted by Gasteiger charge is 2.48. The first-order valence-corrected chi connectivity index (χ1v) is 12.0. The first kappa shape index (κ1) is 27.2. The SMILES string of the molecule is COCCN1CCOCCOC(C2COC(C)(C)O2)C(C2COC(C)(C)O2)OCCOCC1. The summed E-state index contributed by atoms with van der Waals surface area (Å²) in [5.41, 5.74) is 0. The number of hydrogen-bond acceptors (Lipinski definition) is 10. The molecule has 194 valence electrons. The van der Waals surface area contributed by atoms with E-state index in [4.69, 9.17) is 42.6 Å². The average molecular weight is 478 g/mol. The Labute approximate surface area is 198 Å². The molecule has 0 N–H and O–H groups in total. The maximum atomic E-state index is 6.32. The predicted octanol–water partition coefficient (Wildman–Crippen LogP) is 1.06. The molecular weight excluding hydrogens is 434 g/mol. The molecule has 3 fully saturated rings. The van der Waals surface area contributed by atoms with Crippen LogP contribution in [0.2, 0.25) is 0 Å². The van der Waals surface area contributed by atoms with E-state index in [9.17, 15) is 0 Å². The summed E-state index contributed by atoms with van der Waals surface area (Å²) in [5, 5.41) is 0. The van der Waals surface area contributed by atoms with Gasteiger partial charge in [0, 0.05) is 26.7 Å². The van der Waals surface area contributed by atoms with E-state index in [0.29, 0.717) is 59.5 Å². The van der Waals surface area contributed by atoms with Gasteiger partial charge in [-0.05, 0) is 27.7 Å². The van der Waals surface area contributed by atoms with Gasteiger partial charge in [0.1, 0.15) is 24.4 Å². The summed E-state index contributed by atoms with van der Waals surface area (Å²) in [6.07, 6.45) is -1.39. The highest BCUT2D eigenvalue weighted by atomic mass is 16.8. The molecule has 3 saturated heterocycles. The van der Waals surface area contributed by atoms with E-state index in [1.165, 1.54) is 0 Å². The summed E-state index contributed by atoms with van der Waals surface area (Å²) in [6.45, 7) is 14.6. The molecule has 3 aliphatic heterocycles. The minimum absolute atomic E-state index is 0.293. The molecule has 4 unspecified atom stereocenters. The third-order valence-electron chi connectivity index (χ3n) is 5.91. The zero-order valence-electron chi connectivity index (χ0n) is 20.9. The molecule has 0 amide bonds. The van der Waals surface area contributed by atoms with Crippen LogP contribution in [0, 0.1) is 0 Å². The van der Waals surface area contributed by atoms with Crippen LogP contribution in [0.1, 0.15) is 27.7 Å². The van der Waals surface area contributed by atoms with Crippen molar-refractivity contribution in [2.75, 3.05) is 86.2 Å². The summed E-state index contributed by atoms with van der Waals surface area (Å²) in [5.74, 6) is -1.35. The van der Waals surface area contributed by atoms with Gasteiger partial charge in [-0.3, -0.25) is 4.90 Å². The Morgan fingerprint density at radius 1 is 0.727 bits per heavy atom. The largest absolute Gasteiger partial charge is 0.383 e. The molecule has 0 aromatic heterocycles. The van der Waals surface area contributed by atoms with Crippen LogP contribution >= 0.6 is 0 Å². The second-order valence-electron chi connectivity index (χ2n) is 9.46. The number of ether oxygens (including phenoxy) is 9. The Kier molecular flexibility index (Phi) is 10.8. The topological polar surface area (TPSA) is 86.3 Å². The van der Waals surface area contributed by atoms with Crippen LogP contribution < -0.4 is 0 Å². The van der Waals surface area contributed by atoms with Crippen molar-refractivity contribution >= 4 is 0 Å². The molecule has 0 aliphatic carbocycles. The van der Waals surface area contributed by atoms with Crippen LogP contribution in [-0.4, -0.2) is 127 Å². The van der Waals surface area contributed by atoms with Crippen molar-refractivity contribution in [1.82, 2.24) is 4.90 Å². The predicted molar refractivity (Wildman–Crippen MR) is 119 cm³/mol. The monoisotopic (exact) mass is 477 g/mol. The molecule has 4 atom stereocenters. The number of methoxy groups -OCH3 is 1. The second kappa shape index (κ2) is 13.1. The minimum atomic E-state index is -0.673. The van der Waals surface area contributed by atoms with Gasteiger partial charge in [0.2, 0.25) is 0 Å². The highest BCUT2D eigenvalue weighted by Crippen LogP contribution is 2.32. The van der Waals surface area contributed by atoms with E-state index in [1.54, 1.807) is 7.11 Å². The van der Waals surface area contributed by atoms with E-state index in [1.807, 2.05) is 27.7 Å². The second-order valence-corrected chi connectivity index (χ2v) is 9.46. The van der Waals surface area contributed by atoms with Gasteiger partial charge in [0.15, 0.2) is 11.6 Å². The smallest absolute Gasteiger partial charge is 0.163 e. The van der Waals surface area contributed by atoms with Crippen molar-refractivity contribution in [2.45, 2.75) is 63.7 Å². The Bertz CT molecular complexity index is 518. The first-order valence-electron chi connectivity index (χ1n) is 12.0. The van der Waals surface area contributed by atoms with Crippen LogP contribution in [-0.2, 0) is 42.6 Å². The summed E-state index contributed by atoms with van der Waals surface area (Å²) >= 11 is 0. The van der Waals surface area contributed by atoms with E-state index in [-0.39, 0.29) is 12.2 Å². The standard InChI is InChI=1S/C23H43NO9/c1-22(2)30-16-18(32-22)20-21(19-17-31-23(3,4)33-19)29-15-13-27-11-8-24(6-9-25-5)7-10-26-12-14-28-20/h18-21H,6-17H2,1-5H3. The van der Waals surface area contributed by atoms with Crippen LogP contribution in [0.5, 0.6) is 0 Å². The van der Waals surface area contributed by atoms with E-state index in [0.717, 1.165) is 19.6 Å². The molecular formula is C23H43NO9. The lowest BCUT2D eigenvalue weighted by Gasteiger charge is -2.34. The summed E-state index contributed by atoms with van der Waals surface area (Å²) in [6, 6.07) is 0. The molecule has 0 radical (unpaired) electrons. The Balaban J connectivity index is 1.66. The number of hydrogen-bond donors (Lipinski definition) is 0. The van der Waals surface area contributed by atoms with Gasteiger partial charge in [-0.1, -0.05) is 0 Å². The van der Waals surface area contributed by atoms with Crippen LogP contribution in [0.4, 0.5) is 0 Å². The van der Waals surface area contributed by atoms with E-state index < -0.39 is 23.8 Å². The van der Waals surface area contributed by atoms with Gasteiger partial charge in [-0.15, -0.1) is 0 Å². The Morgan fingerprint density at radius 2 is 1.21 bits per heavy atom. The van der Waals surface area contributed by atoms with Crippen molar-refractivity contribution in [1.29, 1.82) is 0 Å². The van der Waals surface area contributed by atoms with Gasteiger partial charge in [0.05, 0.1) is 59.5 Å². The van der Waals surface area contributed by atoms with Crippen molar-refractivity contribution in [3.05, 3.63) is 0 Å². The van der Waals surface area contributed by atoms with Crippen molar-refractivity contribution < 1.29 is 42.6 Å². The molecule has 10 heteroatoms. The molecule has 33 heavy (non-hydrogen) atoms. The lowest BCUT2D eigenvalue weighted by Crippen LogP contribution is -2.51.